The lowest BCUT2D eigenvalue weighted by atomic mass is 9.94. The Balaban J connectivity index is 1.24. The molecule has 11 heteroatoms. The van der Waals surface area contributed by atoms with Crippen molar-refractivity contribution in [2.24, 2.45) is 5.41 Å². The van der Waals surface area contributed by atoms with Crippen LogP contribution in [0.2, 0.25) is 0 Å². The van der Waals surface area contributed by atoms with Crippen LogP contribution in [-0.4, -0.2) is 89.7 Å². The van der Waals surface area contributed by atoms with Crippen LogP contribution in [0.25, 0.3) is 32.9 Å². The Morgan fingerprint density at radius 2 is 1.87 bits per heavy atom. The Morgan fingerprint density at radius 3 is 2.57 bits per heavy atom. The highest BCUT2D eigenvalue weighted by Crippen LogP contribution is 2.47. The fourth-order valence-corrected chi connectivity index (χ4v) is 7.53. The maximum atomic E-state index is 14.9. The monoisotopic (exact) mass is 626 g/mol. The van der Waals surface area contributed by atoms with Crippen LogP contribution in [0.1, 0.15) is 37.7 Å². The molecule has 0 spiro atoms. The number of methoxy groups -OCH3 is 1. The molecular formula is C35H36F2N6O3. The maximum Gasteiger partial charge on any atom is 0.319 e. The second-order valence-electron chi connectivity index (χ2n) is 13.4. The van der Waals surface area contributed by atoms with E-state index in [0.29, 0.717) is 70.4 Å². The number of terminal acetylenes is 1. The van der Waals surface area contributed by atoms with E-state index in [2.05, 4.69) is 21.0 Å². The molecule has 2 aromatic heterocycles. The number of rotatable bonds is 8. The summed E-state index contributed by atoms with van der Waals surface area (Å²) in [6.07, 6.45) is 9.85. The summed E-state index contributed by atoms with van der Waals surface area (Å²) in [5.74, 6) is 2.89. The van der Waals surface area contributed by atoms with Gasteiger partial charge in [-0.25, -0.2) is 13.8 Å². The van der Waals surface area contributed by atoms with Crippen molar-refractivity contribution in [2.45, 2.75) is 50.4 Å². The molecule has 2 bridgehead atoms. The number of likely N-dealkylation sites (tertiary alicyclic amines) is 1. The molecule has 8 rings (SSSR count). The molecule has 3 aliphatic heterocycles. The van der Waals surface area contributed by atoms with Gasteiger partial charge in [0.1, 0.15) is 23.3 Å². The van der Waals surface area contributed by atoms with Crippen LogP contribution in [0.5, 0.6) is 17.6 Å². The van der Waals surface area contributed by atoms with E-state index in [1.165, 1.54) is 13.2 Å². The van der Waals surface area contributed by atoms with Crippen LogP contribution < -0.4 is 19.7 Å². The van der Waals surface area contributed by atoms with Gasteiger partial charge >= 0.3 is 6.01 Å². The van der Waals surface area contributed by atoms with E-state index in [1.54, 1.807) is 18.2 Å². The second-order valence-corrected chi connectivity index (χ2v) is 13.4. The molecule has 1 aliphatic carbocycles. The summed E-state index contributed by atoms with van der Waals surface area (Å²) in [5, 5.41) is 15.4. The van der Waals surface area contributed by atoms with E-state index in [-0.39, 0.29) is 28.6 Å². The minimum absolute atomic E-state index is 0.00487. The molecule has 5 heterocycles. The molecule has 4 fully saturated rings. The van der Waals surface area contributed by atoms with Crippen LogP contribution in [-0.2, 0) is 0 Å². The number of phenolic OH excluding ortho intramolecular Hbond substituents is 1. The van der Waals surface area contributed by atoms with E-state index in [9.17, 15) is 13.9 Å². The number of phenols is 1. The number of hydrogen-bond donors (Lipinski definition) is 2. The van der Waals surface area contributed by atoms with Crippen LogP contribution >= 0.6 is 0 Å². The van der Waals surface area contributed by atoms with Gasteiger partial charge in [-0.05, 0) is 67.3 Å². The highest BCUT2D eigenvalue weighted by atomic mass is 19.1. The largest absolute Gasteiger partial charge is 0.508 e. The predicted molar refractivity (Wildman–Crippen MR) is 172 cm³/mol. The van der Waals surface area contributed by atoms with Gasteiger partial charge in [0.15, 0.2) is 5.82 Å². The third-order valence-corrected chi connectivity index (χ3v) is 10.0. The fraction of sp³-hybridized carbons (Fsp3) is 0.457. The van der Waals surface area contributed by atoms with Crippen molar-refractivity contribution in [3.8, 4) is 41.1 Å². The number of halogens is 2. The van der Waals surface area contributed by atoms with Crippen LogP contribution in [0, 0.1) is 23.6 Å². The number of pyridine rings is 1. The molecule has 2 aromatic carbocycles. The lowest BCUT2D eigenvalue weighted by Crippen LogP contribution is -2.51. The number of anilines is 1. The number of alkyl halides is 1. The van der Waals surface area contributed by atoms with E-state index < -0.39 is 12.0 Å². The Bertz CT molecular complexity index is 1880. The Labute approximate surface area is 265 Å². The van der Waals surface area contributed by atoms with Gasteiger partial charge < -0.3 is 24.8 Å². The summed E-state index contributed by atoms with van der Waals surface area (Å²) < 4.78 is 41.0. The van der Waals surface area contributed by atoms with Crippen molar-refractivity contribution < 1.29 is 23.4 Å². The number of fused-ring (bicyclic) bond motifs is 4. The summed E-state index contributed by atoms with van der Waals surface area (Å²) in [6, 6.07) is 8.77. The quantitative estimate of drug-likeness (QED) is 0.267. The SMILES string of the molecule is C#Cc1c(F)ccc2cc(O)cc(-c3cc4nc(OCC5(CN6CC[C@@H](F)C6)CC5)nc(N5CC6CCC(C5)N6)c4nc3OC)c12. The number of nitrogens with one attached hydrogen (secondary N) is 1. The van der Waals surface area contributed by atoms with Gasteiger partial charge in [0.05, 0.1) is 24.8 Å². The van der Waals surface area contributed by atoms with Crippen LogP contribution in [0.3, 0.4) is 0 Å². The van der Waals surface area contributed by atoms with Crippen molar-refractivity contribution in [2.75, 3.05) is 51.3 Å². The fourth-order valence-electron chi connectivity index (χ4n) is 7.53. The minimum Gasteiger partial charge on any atom is -0.508 e. The highest BCUT2D eigenvalue weighted by molar-refractivity contribution is 6.04. The third kappa shape index (κ3) is 5.23. The van der Waals surface area contributed by atoms with Crippen molar-refractivity contribution in [1.82, 2.24) is 25.2 Å². The van der Waals surface area contributed by atoms with Crippen molar-refractivity contribution in [3.05, 3.63) is 41.7 Å². The lowest BCUT2D eigenvalue weighted by molar-refractivity contribution is 0.165. The molecule has 9 nitrogen and oxygen atoms in total. The molecule has 4 aromatic rings. The van der Waals surface area contributed by atoms with Gasteiger partial charge in [-0.15, -0.1) is 6.42 Å². The predicted octanol–water partition coefficient (Wildman–Crippen LogP) is 4.82. The average Bonchev–Trinajstić information content (AvgIpc) is 3.57. The number of piperazine rings is 1. The first-order valence-electron chi connectivity index (χ1n) is 16.0. The number of nitrogens with zero attached hydrogens (tertiary/aromatic N) is 5. The molecule has 4 aliphatic rings. The summed E-state index contributed by atoms with van der Waals surface area (Å²) in [4.78, 5) is 19.1. The molecule has 1 saturated carbocycles. The lowest BCUT2D eigenvalue weighted by Gasteiger charge is -2.34. The Hall–Kier alpha value is -4.27. The van der Waals surface area contributed by atoms with E-state index in [1.807, 2.05) is 6.07 Å². The minimum atomic E-state index is -0.757. The smallest absolute Gasteiger partial charge is 0.319 e. The van der Waals surface area contributed by atoms with E-state index in [4.69, 9.17) is 30.8 Å². The first-order chi connectivity index (χ1) is 22.3. The third-order valence-electron chi connectivity index (χ3n) is 10.0. The van der Waals surface area contributed by atoms with Gasteiger partial charge in [-0.2, -0.15) is 9.97 Å². The topological polar surface area (TPSA) is 95.9 Å². The molecule has 2 unspecified atom stereocenters. The first kappa shape index (κ1) is 29.2. The Kier molecular flexibility index (Phi) is 7.10. The average molecular weight is 627 g/mol. The summed E-state index contributed by atoms with van der Waals surface area (Å²) >= 11 is 0. The zero-order valence-electron chi connectivity index (χ0n) is 25.7. The van der Waals surface area contributed by atoms with Crippen molar-refractivity contribution >= 4 is 27.6 Å². The number of benzene rings is 2. The van der Waals surface area contributed by atoms with Gasteiger partial charge in [-0.3, -0.25) is 4.90 Å². The van der Waals surface area contributed by atoms with Crippen molar-refractivity contribution in [1.29, 1.82) is 0 Å². The van der Waals surface area contributed by atoms with Crippen LogP contribution in [0.4, 0.5) is 14.6 Å². The molecular weight excluding hydrogens is 590 g/mol. The zero-order chi connectivity index (χ0) is 31.6. The summed E-state index contributed by atoms with van der Waals surface area (Å²) in [6.45, 7) is 4.05. The molecule has 238 valence electrons. The Morgan fingerprint density at radius 1 is 1.07 bits per heavy atom. The number of aromatic hydroxyl groups is 1. The highest BCUT2D eigenvalue weighted by Gasteiger charge is 2.46. The molecule has 0 radical (unpaired) electrons. The summed E-state index contributed by atoms with van der Waals surface area (Å²) in [7, 11) is 1.52. The normalized spacial score (nSPS) is 23.6. The standard InChI is InChI=1S/C35H36F2N6O3/c1-3-25-28(37)7-4-20-12-24(44)13-26(30(20)25)27-14-29-31(40-33(27)45-2)32(43-16-22-5-6-23(17-43)38-22)41-34(39-29)46-19-35(9-10-35)18-42-11-8-21(36)15-42/h1,4,7,12-14,21-23,38,44H,5-6,8-11,15-19H2,2H3/t21-,22?,23?/m1/s1. The summed E-state index contributed by atoms with van der Waals surface area (Å²) in [5.41, 5.74) is 2.13. The van der Waals surface area contributed by atoms with Crippen molar-refractivity contribution in [3.63, 3.8) is 0 Å². The van der Waals surface area contributed by atoms with Gasteiger partial charge in [-0.1, -0.05) is 12.0 Å². The first-order valence-corrected chi connectivity index (χ1v) is 16.0. The number of hydrogen-bond acceptors (Lipinski definition) is 9. The van der Waals surface area contributed by atoms with Crippen LogP contribution in [0.15, 0.2) is 30.3 Å². The number of aromatic nitrogens is 3. The molecule has 0 amide bonds. The second kappa shape index (κ2) is 11.2. The van der Waals surface area contributed by atoms with Gasteiger partial charge in [0.2, 0.25) is 5.88 Å². The molecule has 2 N–H and O–H groups in total. The van der Waals surface area contributed by atoms with E-state index >= 15 is 0 Å². The van der Waals surface area contributed by atoms with Gasteiger partial charge in [0, 0.05) is 61.2 Å². The maximum absolute atomic E-state index is 14.9. The molecule has 3 saturated heterocycles. The number of ether oxygens (including phenoxy) is 2. The zero-order valence-corrected chi connectivity index (χ0v) is 25.7. The molecule has 3 atom stereocenters. The van der Waals surface area contributed by atoms with Gasteiger partial charge in [0.25, 0.3) is 0 Å². The molecule has 46 heavy (non-hydrogen) atoms. The van der Waals surface area contributed by atoms with E-state index in [0.717, 1.165) is 51.9 Å².